The fourth-order valence-corrected chi connectivity index (χ4v) is 4.72. The molecule has 13 heteroatoms. The summed E-state index contributed by atoms with van der Waals surface area (Å²) in [5.41, 5.74) is 0.442. The number of nitrogens with zero attached hydrogens (tertiary/aromatic N) is 7. The van der Waals surface area contributed by atoms with Gasteiger partial charge in [0, 0.05) is 25.3 Å². The molecule has 0 aliphatic carbocycles. The van der Waals surface area contributed by atoms with Crippen molar-refractivity contribution in [2.45, 2.75) is 50.2 Å². The Bertz CT molecular complexity index is 1490. The van der Waals surface area contributed by atoms with E-state index >= 15 is 0 Å². The maximum Gasteiger partial charge on any atom is 0.240 e. The van der Waals surface area contributed by atoms with Crippen LogP contribution in [0.4, 0.5) is 4.39 Å². The molecule has 0 amide bonds. The molecule has 0 unspecified atom stereocenters. The minimum Gasteiger partial charge on any atom is -0.474 e. The summed E-state index contributed by atoms with van der Waals surface area (Å²) < 4.78 is 51.1. The van der Waals surface area contributed by atoms with E-state index in [9.17, 15) is 12.8 Å². The lowest BCUT2D eigenvalue weighted by atomic mass is 10.1. The molecule has 1 aliphatic heterocycles. The number of ether oxygens (including phenoxy) is 1. The number of aromatic nitrogens is 6. The monoisotopic (exact) mass is 515 g/mol. The minimum absolute atomic E-state index is 0.0533. The van der Waals surface area contributed by atoms with Crippen LogP contribution < -0.4 is 4.74 Å². The molecular formula is C23H26FN7O4S. The molecule has 1 saturated heterocycles. The molecule has 11 nitrogen and oxygen atoms in total. The van der Waals surface area contributed by atoms with Gasteiger partial charge in [0.2, 0.25) is 11.8 Å². The first kappa shape index (κ1) is 24.3. The van der Waals surface area contributed by atoms with Crippen LogP contribution in [0.1, 0.15) is 44.3 Å². The Hall–Kier alpha value is -3.45. The van der Waals surface area contributed by atoms with Gasteiger partial charge in [-0.25, -0.2) is 27.5 Å². The molecule has 1 aliphatic rings. The second kappa shape index (κ2) is 9.54. The maximum atomic E-state index is 14.8. The van der Waals surface area contributed by atoms with Crippen molar-refractivity contribution in [1.29, 1.82) is 0 Å². The fraction of sp³-hybridized carbons (Fsp3) is 0.435. The molecule has 1 aromatic carbocycles. The summed E-state index contributed by atoms with van der Waals surface area (Å²) in [6.07, 6.45) is 5.40. The number of hydrogen-bond donors (Lipinski definition) is 0. The van der Waals surface area contributed by atoms with Gasteiger partial charge in [-0.05, 0) is 31.0 Å². The lowest BCUT2D eigenvalue weighted by molar-refractivity contribution is 0.0883. The maximum absolute atomic E-state index is 14.8. The van der Waals surface area contributed by atoms with Gasteiger partial charge in [-0.15, -0.1) is 0 Å². The van der Waals surface area contributed by atoms with Crippen LogP contribution >= 0.6 is 0 Å². The Morgan fingerprint density at radius 3 is 2.67 bits per heavy atom. The standard InChI is InChI=1S/C23H26FN7O4S/c1-14(2)21-28-20(35-29-21)12-30-8-6-15(7-9-30)34-23-17-11-27-31(22(17)25-13-26-23)19-5-4-16(10-18(19)24)36(3,32)33/h4-5,10-11,13-15H,6-9,12H2,1-3H3. The summed E-state index contributed by atoms with van der Waals surface area (Å²) in [7, 11) is -3.53. The third-order valence-corrected chi connectivity index (χ3v) is 7.19. The number of hydrogen-bond acceptors (Lipinski definition) is 10. The van der Waals surface area contributed by atoms with E-state index < -0.39 is 15.7 Å². The highest BCUT2D eigenvalue weighted by atomic mass is 32.2. The number of piperidine rings is 1. The lowest BCUT2D eigenvalue weighted by Gasteiger charge is -2.30. The van der Waals surface area contributed by atoms with Crippen molar-refractivity contribution >= 4 is 20.9 Å². The van der Waals surface area contributed by atoms with Crippen molar-refractivity contribution in [2.75, 3.05) is 19.3 Å². The summed E-state index contributed by atoms with van der Waals surface area (Å²) in [4.78, 5) is 15.1. The predicted octanol–water partition coefficient (Wildman–Crippen LogP) is 2.91. The Morgan fingerprint density at radius 1 is 1.22 bits per heavy atom. The van der Waals surface area contributed by atoms with E-state index in [2.05, 4.69) is 30.1 Å². The Kier molecular flexibility index (Phi) is 6.43. The van der Waals surface area contributed by atoms with Crippen molar-refractivity contribution in [3.8, 4) is 11.6 Å². The number of halogens is 1. The SMILES string of the molecule is CC(C)c1noc(CN2CCC(Oc3ncnc4c3cnn4-c3ccc(S(C)(=O)=O)cc3F)CC2)n1. The third kappa shape index (κ3) is 4.93. The summed E-state index contributed by atoms with van der Waals surface area (Å²) in [6, 6.07) is 3.68. The Morgan fingerprint density at radius 2 is 2.00 bits per heavy atom. The average molecular weight is 516 g/mol. The normalized spacial score (nSPS) is 15.7. The number of sulfone groups is 1. The largest absolute Gasteiger partial charge is 0.474 e. The van der Waals surface area contributed by atoms with Crippen LogP contribution in [0.3, 0.4) is 0 Å². The van der Waals surface area contributed by atoms with Crippen molar-refractivity contribution < 1.29 is 22.1 Å². The van der Waals surface area contributed by atoms with E-state index in [4.69, 9.17) is 9.26 Å². The summed E-state index contributed by atoms with van der Waals surface area (Å²) in [5.74, 6) is 1.19. The zero-order valence-corrected chi connectivity index (χ0v) is 20.9. The van der Waals surface area contributed by atoms with Gasteiger partial charge >= 0.3 is 0 Å². The number of rotatable bonds is 7. The third-order valence-electron chi connectivity index (χ3n) is 6.08. The number of benzene rings is 1. The van der Waals surface area contributed by atoms with Crippen molar-refractivity contribution in [3.63, 3.8) is 0 Å². The van der Waals surface area contributed by atoms with Crippen LogP contribution in [0.5, 0.6) is 5.88 Å². The van der Waals surface area contributed by atoms with Gasteiger partial charge in [0.25, 0.3) is 0 Å². The van der Waals surface area contributed by atoms with E-state index in [0.717, 1.165) is 38.3 Å². The van der Waals surface area contributed by atoms with Crippen LogP contribution in [-0.2, 0) is 16.4 Å². The quantitative estimate of drug-likeness (QED) is 0.362. The van der Waals surface area contributed by atoms with Gasteiger partial charge < -0.3 is 9.26 Å². The molecule has 0 atom stereocenters. The smallest absolute Gasteiger partial charge is 0.240 e. The van der Waals surface area contributed by atoms with Crippen LogP contribution in [0.2, 0.25) is 0 Å². The second-order valence-electron chi connectivity index (χ2n) is 9.15. The zero-order chi connectivity index (χ0) is 25.4. The molecule has 5 rings (SSSR count). The van der Waals surface area contributed by atoms with Crippen molar-refractivity contribution in [3.05, 3.63) is 48.3 Å². The molecule has 0 spiro atoms. The van der Waals surface area contributed by atoms with E-state index in [-0.39, 0.29) is 22.6 Å². The van der Waals surface area contributed by atoms with Crippen LogP contribution in [0, 0.1) is 5.82 Å². The van der Waals surface area contributed by atoms with Crippen LogP contribution in [0.15, 0.2) is 40.1 Å². The molecule has 0 bridgehead atoms. The van der Waals surface area contributed by atoms with Crippen LogP contribution in [-0.4, -0.2) is 68.7 Å². The first-order valence-corrected chi connectivity index (χ1v) is 13.5. The molecule has 190 valence electrons. The summed E-state index contributed by atoms with van der Waals surface area (Å²) in [6.45, 7) is 6.25. The molecule has 0 N–H and O–H groups in total. The molecule has 36 heavy (non-hydrogen) atoms. The van der Waals surface area contributed by atoms with Gasteiger partial charge in [-0.2, -0.15) is 10.1 Å². The molecule has 4 aromatic rings. The number of fused-ring (bicyclic) bond motifs is 1. The van der Waals surface area contributed by atoms with Crippen molar-refractivity contribution in [2.24, 2.45) is 0 Å². The van der Waals surface area contributed by atoms with Crippen molar-refractivity contribution in [1.82, 2.24) is 34.8 Å². The van der Waals surface area contributed by atoms with Gasteiger partial charge in [0.05, 0.1) is 17.6 Å². The second-order valence-corrected chi connectivity index (χ2v) is 11.2. The van der Waals surface area contributed by atoms with E-state index in [1.54, 1.807) is 0 Å². The lowest BCUT2D eigenvalue weighted by Crippen LogP contribution is -2.38. The molecule has 0 radical (unpaired) electrons. The zero-order valence-electron chi connectivity index (χ0n) is 20.1. The molecule has 4 heterocycles. The summed E-state index contributed by atoms with van der Waals surface area (Å²) in [5, 5.41) is 8.81. The highest BCUT2D eigenvalue weighted by Gasteiger charge is 2.24. The number of likely N-dealkylation sites (tertiary alicyclic amines) is 1. The van der Waals surface area contributed by atoms with E-state index in [0.29, 0.717) is 35.2 Å². The molecule has 1 fully saturated rings. The van der Waals surface area contributed by atoms with Gasteiger partial charge in [-0.3, -0.25) is 4.90 Å². The highest BCUT2D eigenvalue weighted by molar-refractivity contribution is 7.90. The Labute approximate surface area is 207 Å². The molecule has 3 aromatic heterocycles. The van der Waals surface area contributed by atoms with Gasteiger partial charge in [0.15, 0.2) is 21.3 Å². The molecule has 0 saturated carbocycles. The van der Waals surface area contributed by atoms with Crippen LogP contribution in [0.25, 0.3) is 16.7 Å². The molecular weight excluding hydrogens is 489 g/mol. The van der Waals surface area contributed by atoms with Gasteiger partial charge in [-0.1, -0.05) is 19.0 Å². The summed E-state index contributed by atoms with van der Waals surface area (Å²) >= 11 is 0. The predicted molar refractivity (Wildman–Crippen MR) is 127 cm³/mol. The van der Waals surface area contributed by atoms with E-state index in [1.807, 2.05) is 13.8 Å². The highest BCUT2D eigenvalue weighted by Crippen LogP contribution is 2.28. The van der Waals surface area contributed by atoms with E-state index in [1.165, 1.54) is 29.3 Å². The van der Waals surface area contributed by atoms with Gasteiger partial charge in [0.1, 0.15) is 29.3 Å². The first-order valence-electron chi connectivity index (χ1n) is 11.6. The first-order chi connectivity index (χ1) is 17.2. The minimum atomic E-state index is -3.53. The topological polar surface area (TPSA) is 129 Å². The average Bonchev–Trinajstić information content (AvgIpc) is 3.48. The Balaban J connectivity index is 1.28. The fourth-order valence-electron chi connectivity index (χ4n) is 4.08.